The zero-order chi connectivity index (χ0) is 10.6. The van der Waals surface area contributed by atoms with E-state index in [1.165, 1.54) is 0 Å². The Bertz CT molecular complexity index is 293. The van der Waals surface area contributed by atoms with Gasteiger partial charge >= 0.3 is 0 Å². The van der Waals surface area contributed by atoms with Crippen molar-refractivity contribution in [3.05, 3.63) is 34.9 Å². The second-order valence-corrected chi connectivity index (χ2v) is 4.21. The van der Waals surface area contributed by atoms with Crippen molar-refractivity contribution in [3.63, 3.8) is 0 Å². The molecule has 2 atom stereocenters. The summed E-state index contributed by atoms with van der Waals surface area (Å²) in [4.78, 5) is 0. The SMILES string of the molecule is OC(CCBr)C(O)c1ccccc1Cl. The third-order valence-corrected chi connectivity index (χ3v) is 2.80. The minimum atomic E-state index is -0.916. The van der Waals surface area contributed by atoms with Crippen LogP contribution >= 0.6 is 27.5 Å². The third-order valence-electron chi connectivity index (χ3n) is 1.99. The summed E-state index contributed by atoms with van der Waals surface area (Å²) in [5, 5.41) is 20.4. The Morgan fingerprint density at radius 2 is 1.93 bits per heavy atom. The molecule has 2 unspecified atom stereocenters. The van der Waals surface area contributed by atoms with Crippen LogP contribution in [0.25, 0.3) is 0 Å². The zero-order valence-electron chi connectivity index (χ0n) is 7.53. The quantitative estimate of drug-likeness (QED) is 0.832. The Morgan fingerprint density at radius 1 is 1.29 bits per heavy atom. The molecule has 0 bridgehead atoms. The van der Waals surface area contributed by atoms with E-state index in [0.717, 1.165) is 0 Å². The highest BCUT2D eigenvalue weighted by Gasteiger charge is 2.19. The van der Waals surface area contributed by atoms with Gasteiger partial charge < -0.3 is 10.2 Å². The highest BCUT2D eigenvalue weighted by Crippen LogP contribution is 2.26. The van der Waals surface area contributed by atoms with Crippen LogP contribution in [0.4, 0.5) is 0 Å². The summed E-state index contributed by atoms with van der Waals surface area (Å²) >= 11 is 9.09. The molecule has 0 amide bonds. The Balaban J connectivity index is 2.78. The fourth-order valence-corrected chi connectivity index (χ4v) is 1.91. The molecule has 2 nitrogen and oxygen atoms in total. The molecular formula is C10H12BrClO2. The van der Waals surface area contributed by atoms with Gasteiger partial charge in [0.15, 0.2) is 0 Å². The molecule has 0 aliphatic heterocycles. The van der Waals surface area contributed by atoms with Crippen molar-refractivity contribution < 1.29 is 10.2 Å². The van der Waals surface area contributed by atoms with Crippen molar-refractivity contribution >= 4 is 27.5 Å². The number of rotatable bonds is 4. The number of benzene rings is 1. The van der Waals surface area contributed by atoms with Crippen LogP contribution in [0.15, 0.2) is 24.3 Å². The van der Waals surface area contributed by atoms with Gasteiger partial charge in [-0.3, -0.25) is 0 Å². The van der Waals surface area contributed by atoms with Gasteiger partial charge in [-0.25, -0.2) is 0 Å². The molecule has 0 spiro atoms. The van der Waals surface area contributed by atoms with Crippen LogP contribution in [0, 0.1) is 0 Å². The van der Waals surface area contributed by atoms with Gasteiger partial charge in [-0.15, -0.1) is 0 Å². The molecule has 14 heavy (non-hydrogen) atoms. The van der Waals surface area contributed by atoms with E-state index in [9.17, 15) is 10.2 Å². The van der Waals surface area contributed by atoms with Gasteiger partial charge in [-0.2, -0.15) is 0 Å². The van der Waals surface area contributed by atoms with Crippen molar-refractivity contribution in [2.45, 2.75) is 18.6 Å². The number of aliphatic hydroxyl groups is 2. The topological polar surface area (TPSA) is 40.5 Å². The number of alkyl halides is 1. The molecule has 0 heterocycles. The minimum Gasteiger partial charge on any atom is -0.390 e. The van der Waals surface area contributed by atoms with E-state index in [2.05, 4.69) is 15.9 Å². The molecule has 0 aliphatic rings. The maximum Gasteiger partial charge on any atom is 0.106 e. The first-order valence-corrected chi connectivity index (χ1v) is 5.83. The van der Waals surface area contributed by atoms with Crippen LogP contribution in [0.2, 0.25) is 5.02 Å². The van der Waals surface area contributed by atoms with Crippen molar-refractivity contribution in [2.75, 3.05) is 5.33 Å². The fourth-order valence-electron chi connectivity index (χ4n) is 1.19. The molecule has 4 heteroatoms. The van der Waals surface area contributed by atoms with Gasteiger partial charge in [-0.1, -0.05) is 45.7 Å². The number of hydrogen-bond acceptors (Lipinski definition) is 2. The molecular weight excluding hydrogens is 267 g/mol. The molecule has 0 saturated heterocycles. The Hall–Kier alpha value is -0.0900. The number of hydrogen-bond donors (Lipinski definition) is 2. The largest absolute Gasteiger partial charge is 0.390 e. The highest BCUT2D eigenvalue weighted by atomic mass is 79.9. The lowest BCUT2D eigenvalue weighted by molar-refractivity contribution is 0.0174. The summed E-state index contributed by atoms with van der Waals surface area (Å²) in [7, 11) is 0. The van der Waals surface area contributed by atoms with E-state index in [4.69, 9.17) is 11.6 Å². The normalized spacial score (nSPS) is 15.1. The number of aliphatic hydroxyl groups excluding tert-OH is 2. The predicted octanol–water partition coefficient (Wildman–Crippen LogP) is 2.52. The smallest absolute Gasteiger partial charge is 0.106 e. The monoisotopic (exact) mass is 278 g/mol. The van der Waals surface area contributed by atoms with E-state index < -0.39 is 12.2 Å². The first-order valence-electron chi connectivity index (χ1n) is 4.33. The second-order valence-electron chi connectivity index (χ2n) is 3.01. The van der Waals surface area contributed by atoms with Crippen molar-refractivity contribution in [1.29, 1.82) is 0 Å². The molecule has 0 radical (unpaired) electrons. The van der Waals surface area contributed by atoms with Gasteiger partial charge in [0.2, 0.25) is 0 Å². The first kappa shape index (κ1) is 12.0. The van der Waals surface area contributed by atoms with Crippen LogP contribution in [0.5, 0.6) is 0 Å². The molecule has 1 rings (SSSR count). The standard InChI is InChI=1S/C10H12BrClO2/c11-6-5-9(13)10(14)7-3-1-2-4-8(7)12/h1-4,9-10,13-14H,5-6H2. The van der Waals surface area contributed by atoms with Gasteiger partial charge in [0, 0.05) is 15.9 Å². The van der Waals surface area contributed by atoms with Gasteiger partial charge in [0.25, 0.3) is 0 Å². The third kappa shape index (κ3) is 2.95. The van der Waals surface area contributed by atoms with Crippen molar-refractivity contribution in [1.82, 2.24) is 0 Å². The summed E-state index contributed by atoms with van der Waals surface area (Å²) in [6.45, 7) is 0. The van der Waals surface area contributed by atoms with E-state index in [0.29, 0.717) is 22.3 Å². The van der Waals surface area contributed by atoms with Crippen LogP contribution in [-0.4, -0.2) is 21.6 Å². The summed E-state index contributed by atoms with van der Waals surface area (Å²) in [6.07, 6.45) is -1.21. The predicted molar refractivity (Wildman–Crippen MR) is 60.8 cm³/mol. The average molecular weight is 280 g/mol. The number of halogens is 2. The summed E-state index contributed by atoms with van der Waals surface area (Å²) < 4.78 is 0. The van der Waals surface area contributed by atoms with Crippen molar-refractivity contribution in [2.24, 2.45) is 0 Å². The molecule has 2 N–H and O–H groups in total. The van der Waals surface area contributed by atoms with E-state index >= 15 is 0 Å². The molecule has 0 saturated carbocycles. The average Bonchev–Trinajstić information content (AvgIpc) is 2.18. The van der Waals surface area contributed by atoms with Crippen molar-refractivity contribution in [3.8, 4) is 0 Å². The summed E-state index contributed by atoms with van der Waals surface area (Å²) in [5.41, 5.74) is 0.572. The highest BCUT2D eigenvalue weighted by molar-refractivity contribution is 9.09. The minimum absolute atomic E-state index is 0.480. The summed E-state index contributed by atoms with van der Waals surface area (Å²) in [6, 6.07) is 6.98. The van der Waals surface area contributed by atoms with Gasteiger partial charge in [0.1, 0.15) is 6.10 Å². The van der Waals surface area contributed by atoms with Gasteiger partial charge in [0.05, 0.1) is 6.10 Å². The van der Waals surface area contributed by atoms with E-state index in [-0.39, 0.29) is 0 Å². The summed E-state index contributed by atoms with van der Waals surface area (Å²) in [5.74, 6) is 0. The maximum absolute atomic E-state index is 9.75. The van der Waals surface area contributed by atoms with E-state index in [1.807, 2.05) is 0 Å². The van der Waals surface area contributed by atoms with Crippen LogP contribution < -0.4 is 0 Å². The molecule has 1 aromatic rings. The molecule has 1 aromatic carbocycles. The van der Waals surface area contributed by atoms with Crippen LogP contribution in [0.3, 0.4) is 0 Å². The molecule has 78 valence electrons. The zero-order valence-corrected chi connectivity index (χ0v) is 9.87. The Morgan fingerprint density at radius 3 is 2.50 bits per heavy atom. The second kappa shape index (κ2) is 5.71. The fraction of sp³-hybridized carbons (Fsp3) is 0.400. The molecule has 0 aromatic heterocycles. The Kier molecular flexibility index (Phi) is 4.89. The lowest BCUT2D eigenvalue weighted by atomic mass is 10.0. The molecule has 0 fully saturated rings. The molecule has 0 aliphatic carbocycles. The van der Waals surface area contributed by atoms with E-state index in [1.54, 1.807) is 24.3 Å². The first-order chi connectivity index (χ1) is 6.66. The lowest BCUT2D eigenvalue weighted by Crippen LogP contribution is -2.18. The van der Waals surface area contributed by atoms with Gasteiger partial charge in [-0.05, 0) is 12.5 Å². The Labute approximate surface area is 96.7 Å². The van der Waals surface area contributed by atoms with Crippen LogP contribution in [0.1, 0.15) is 18.1 Å². The van der Waals surface area contributed by atoms with Crippen LogP contribution in [-0.2, 0) is 0 Å². The lowest BCUT2D eigenvalue weighted by Gasteiger charge is -2.18. The maximum atomic E-state index is 9.75.